The minimum Gasteiger partial charge on any atom is -0.454 e. The van der Waals surface area contributed by atoms with Gasteiger partial charge in [0.25, 0.3) is 0 Å². The van der Waals surface area contributed by atoms with Crippen molar-refractivity contribution in [3.8, 4) is 11.5 Å². The van der Waals surface area contributed by atoms with Crippen LogP contribution in [0.1, 0.15) is 39.6 Å². The molecule has 1 amide bonds. The van der Waals surface area contributed by atoms with E-state index in [0.717, 1.165) is 23.2 Å². The Labute approximate surface area is 190 Å². The second-order valence-corrected chi connectivity index (χ2v) is 8.38. The molecule has 0 bridgehead atoms. The Kier molecular flexibility index (Phi) is 4.64. The Hall–Kier alpha value is -4.06. The summed E-state index contributed by atoms with van der Waals surface area (Å²) in [7, 11) is 0. The molecule has 1 unspecified atom stereocenters. The van der Waals surface area contributed by atoms with Crippen LogP contribution in [0.2, 0.25) is 0 Å². The molecular formula is C27H22N2O4. The lowest BCUT2D eigenvalue weighted by Gasteiger charge is -2.36. The molecule has 1 aromatic heterocycles. The average molecular weight is 438 g/mol. The van der Waals surface area contributed by atoms with E-state index in [9.17, 15) is 9.59 Å². The number of ketones is 1. The van der Waals surface area contributed by atoms with E-state index < -0.39 is 0 Å². The van der Waals surface area contributed by atoms with Gasteiger partial charge in [-0.05, 0) is 35.7 Å². The Morgan fingerprint density at radius 1 is 0.939 bits per heavy atom. The first-order chi connectivity index (χ1) is 16.2. The lowest BCUT2D eigenvalue weighted by Crippen LogP contribution is -2.41. The van der Waals surface area contributed by atoms with Gasteiger partial charge in [0.05, 0.1) is 12.5 Å². The van der Waals surface area contributed by atoms with Gasteiger partial charge in [0.2, 0.25) is 12.7 Å². The zero-order chi connectivity index (χ0) is 22.4. The van der Waals surface area contributed by atoms with Crippen molar-refractivity contribution < 1.29 is 19.1 Å². The van der Waals surface area contributed by atoms with Crippen LogP contribution in [0.3, 0.4) is 0 Å². The lowest BCUT2D eigenvalue weighted by atomic mass is 9.91. The molecule has 164 valence electrons. The first kappa shape index (κ1) is 19.6. The van der Waals surface area contributed by atoms with Gasteiger partial charge >= 0.3 is 0 Å². The molecule has 3 aromatic carbocycles. The van der Waals surface area contributed by atoms with Gasteiger partial charge in [-0.1, -0.05) is 54.6 Å². The zero-order valence-electron chi connectivity index (χ0n) is 17.9. The van der Waals surface area contributed by atoms with Gasteiger partial charge in [-0.15, -0.1) is 0 Å². The molecule has 2 aliphatic rings. The number of aromatic nitrogens is 1. The molecule has 0 fully saturated rings. The van der Waals surface area contributed by atoms with Crippen LogP contribution >= 0.6 is 0 Å². The number of H-pyrrole nitrogens is 1. The van der Waals surface area contributed by atoms with Crippen molar-refractivity contribution in [2.24, 2.45) is 0 Å². The molecule has 1 N–H and O–H groups in total. The van der Waals surface area contributed by atoms with Crippen molar-refractivity contribution in [2.45, 2.75) is 18.9 Å². The Balaban J connectivity index is 1.41. The van der Waals surface area contributed by atoms with Crippen LogP contribution in [0.4, 0.5) is 0 Å². The van der Waals surface area contributed by atoms with Crippen LogP contribution in [0.5, 0.6) is 11.5 Å². The number of hydrogen-bond acceptors (Lipinski definition) is 4. The molecule has 0 spiro atoms. The highest BCUT2D eigenvalue weighted by molar-refractivity contribution is 6.07. The topological polar surface area (TPSA) is 71.6 Å². The van der Waals surface area contributed by atoms with Gasteiger partial charge in [0.15, 0.2) is 17.3 Å². The maximum atomic E-state index is 13.5. The summed E-state index contributed by atoms with van der Waals surface area (Å²) in [5.41, 5.74) is 4.72. The number of ether oxygens (including phenoxy) is 2. The van der Waals surface area contributed by atoms with Gasteiger partial charge in [-0.25, -0.2) is 0 Å². The third-order valence-electron chi connectivity index (χ3n) is 6.47. The lowest BCUT2D eigenvalue weighted by molar-refractivity contribution is -0.132. The van der Waals surface area contributed by atoms with Crippen LogP contribution in [0, 0.1) is 0 Å². The number of carbonyl (C=O) groups is 2. The van der Waals surface area contributed by atoms with Gasteiger partial charge in [0, 0.05) is 28.7 Å². The number of para-hydroxylation sites is 1. The minimum atomic E-state index is -0.341. The van der Waals surface area contributed by atoms with Gasteiger partial charge in [-0.2, -0.15) is 0 Å². The van der Waals surface area contributed by atoms with E-state index in [2.05, 4.69) is 17.1 Å². The summed E-state index contributed by atoms with van der Waals surface area (Å²) in [6, 6.07) is 22.6. The van der Waals surface area contributed by atoms with Crippen LogP contribution in [-0.2, 0) is 11.2 Å². The Morgan fingerprint density at radius 2 is 1.73 bits per heavy atom. The number of fused-ring (bicyclic) bond motifs is 4. The number of nitrogens with zero attached hydrogens (tertiary/aromatic N) is 1. The number of benzene rings is 3. The maximum Gasteiger partial charge on any atom is 0.231 e. The molecule has 0 radical (unpaired) electrons. The van der Waals surface area contributed by atoms with E-state index in [4.69, 9.17) is 9.47 Å². The summed E-state index contributed by atoms with van der Waals surface area (Å²) in [4.78, 5) is 31.6. The molecule has 0 aliphatic carbocycles. The summed E-state index contributed by atoms with van der Waals surface area (Å²) in [5.74, 6) is 1.01. The fraction of sp³-hybridized carbons (Fsp3) is 0.185. The fourth-order valence-electron chi connectivity index (χ4n) is 4.90. The largest absolute Gasteiger partial charge is 0.454 e. The molecule has 3 heterocycles. The van der Waals surface area contributed by atoms with E-state index in [-0.39, 0.29) is 30.9 Å². The first-order valence-corrected chi connectivity index (χ1v) is 11.1. The number of aromatic amines is 1. The number of amides is 1. The number of carbonyl (C=O) groups excluding carboxylic acids is 2. The quantitative estimate of drug-likeness (QED) is 0.372. The highest BCUT2D eigenvalue weighted by Crippen LogP contribution is 2.42. The fourth-order valence-corrected chi connectivity index (χ4v) is 4.90. The number of hydrogen-bond donors (Lipinski definition) is 1. The highest BCUT2D eigenvalue weighted by atomic mass is 16.7. The predicted molar refractivity (Wildman–Crippen MR) is 124 cm³/mol. The second kappa shape index (κ2) is 7.81. The number of rotatable bonds is 4. The van der Waals surface area contributed by atoms with Crippen molar-refractivity contribution >= 4 is 22.6 Å². The SMILES string of the molecule is O=C(CC(=O)N1CCc2c([nH]c3ccccc23)C1c1ccc2c(c1)OCO2)c1ccccc1. The first-order valence-electron chi connectivity index (χ1n) is 11.1. The van der Waals surface area contributed by atoms with E-state index in [1.165, 1.54) is 10.9 Å². The summed E-state index contributed by atoms with van der Waals surface area (Å²) in [6.45, 7) is 0.726. The van der Waals surface area contributed by atoms with E-state index >= 15 is 0 Å². The average Bonchev–Trinajstić information content (AvgIpc) is 3.47. The molecule has 4 aromatic rings. The van der Waals surface area contributed by atoms with Crippen LogP contribution in [0.15, 0.2) is 72.8 Å². The Morgan fingerprint density at radius 3 is 2.61 bits per heavy atom. The maximum absolute atomic E-state index is 13.5. The number of nitrogens with one attached hydrogen (secondary N) is 1. The standard InChI is InChI=1S/C27H22N2O4/c30-22(17-6-2-1-3-7-17)15-25(31)29-13-12-20-19-8-4-5-9-21(19)28-26(20)27(29)18-10-11-23-24(14-18)33-16-32-23/h1-11,14,27-28H,12-13,15-16H2. The summed E-state index contributed by atoms with van der Waals surface area (Å²) < 4.78 is 11.1. The van der Waals surface area contributed by atoms with Crippen molar-refractivity contribution in [3.63, 3.8) is 0 Å². The van der Waals surface area contributed by atoms with Crippen LogP contribution in [0.25, 0.3) is 10.9 Å². The van der Waals surface area contributed by atoms with Crippen molar-refractivity contribution in [1.82, 2.24) is 9.88 Å². The van der Waals surface area contributed by atoms with E-state index in [1.54, 1.807) is 12.1 Å². The third kappa shape index (κ3) is 3.35. The Bertz CT molecular complexity index is 1380. The summed E-state index contributed by atoms with van der Waals surface area (Å²) in [6.07, 6.45) is 0.562. The van der Waals surface area contributed by atoms with Gasteiger partial charge < -0.3 is 19.4 Å². The van der Waals surface area contributed by atoms with Crippen molar-refractivity contribution in [1.29, 1.82) is 0 Å². The van der Waals surface area contributed by atoms with E-state index in [1.807, 2.05) is 53.4 Å². The molecule has 33 heavy (non-hydrogen) atoms. The second-order valence-electron chi connectivity index (χ2n) is 8.38. The van der Waals surface area contributed by atoms with Gasteiger partial charge in [0.1, 0.15) is 0 Å². The molecular weight excluding hydrogens is 416 g/mol. The molecule has 1 atom stereocenters. The normalized spacial score (nSPS) is 16.6. The smallest absolute Gasteiger partial charge is 0.231 e. The number of Topliss-reactive ketones (excluding diaryl/α,β-unsaturated/α-hetero) is 1. The molecule has 6 rings (SSSR count). The molecule has 6 nitrogen and oxygen atoms in total. The van der Waals surface area contributed by atoms with E-state index in [0.29, 0.717) is 23.6 Å². The van der Waals surface area contributed by atoms with Crippen molar-refractivity contribution in [3.05, 3.63) is 95.2 Å². The van der Waals surface area contributed by atoms with Crippen LogP contribution < -0.4 is 9.47 Å². The monoisotopic (exact) mass is 438 g/mol. The third-order valence-corrected chi connectivity index (χ3v) is 6.47. The molecule has 2 aliphatic heterocycles. The summed E-state index contributed by atoms with van der Waals surface area (Å²) >= 11 is 0. The zero-order valence-corrected chi connectivity index (χ0v) is 17.9. The molecule has 0 saturated carbocycles. The van der Waals surface area contributed by atoms with Gasteiger partial charge in [-0.3, -0.25) is 9.59 Å². The molecule has 6 heteroatoms. The van der Waals surface area contributed by atoms with Crippen molar-refractivity contribution in [2.75, 3.05) is 13.3 Å². The predicted octanol–water partition coefficient (Wildman–Crippen LogP) is 4.64. The highest BCUT2D eigenvalue weighted by Gasteiger charge is 2.35. The van der Waals surface area contributed by atoms with Crippen LogP contribution in [-0.4, -0.2) is 34.9 Å². The molecule has 0 saturated heterocycles. The summed E-state index contributed by atoms with van der Waals surface area (Å²) in [5, 5.41) is 1.17. The minimum absolute atomic E-state index is 0.166.